The highest BCUT2D eigenvalue weighted by Crippen LogP contribution is 2.24. The predicted molar refractivity (Wildman–Crippen MR) is 165 cm³/mol. The third-order valence-corrected chi connectivity index (χ3v) is 7.58. The van der Waals surface area contributed by atoms with Crippen LogP contribution in [0, 0.1) is 0 Å². The lowest BCUT2D eigenvalue weighted by Crippen LogP contribution is -2.26. The number of carbonyl (C=O) groups excluding carboxylic acids is 1. The molecule has 0 spiro atoms. The molecule has 0 aliphatic heterocycles. The van der Waals surface area contributed by atoms with Crippen molar-refractivity contribution in [3.63, 3.8) is 0 Å². The maximum atomic E-state index is 12.2. The van der Waals surface area contributed by atoms with E-state index in [1.165, 1.54) is 11.1 Å². The van der Waals surface area contributed by atoms with Crippen molar-refractivity contribution in [2.45, 2.75) is 77.7 Å². The number of unbranched alkanes of at least 4 members (excludes halogenated alkanes) is 3. The number of nitrogens with zero attached hydrogens (tertiary/aromatic N) is 2. The van der Waals surface area contributed by atoms with Crippen LogP contribution in [-0.4, -0.2) is 28.6 Å². The van der Waals surface area contributed by atoms with Gasteiger partial charge in [0.2, 0.25) is 5.91 Å². The summed E-state index contributed by atoms with van der Waals surface area (Å²) in [5.41, 5.74) is 4.58. The average Bonchev–Trinajstić information content (AvgIpc) is 3.28. The highest BCUT2D eigenvalue weighted by Gasteiger charge is 2.13. The van der Waals surface area contributed by atoms with E-state index in [9.17, 15) is 4.79 Å². The van der Waals surface area contributed by atoms with E-state index in [1.54, 1.807) is 0 Å². The van der Waals surface area contributed by atoms with Gasteiger partial charge >= 0.3 is 0 Å². The highest BCUT2D eigenvalue weighted by molar-refractivity contribution is 6.31. The second-order valence-corrected chi connectivity index (χ2v) is 11.8. The van der Waals surface area contributed by atoms with Gasteiger partial charge in [0.1, 0.15) is 11.6 Å². The molecule has 0 bridgehead atoms. The summed E-state index contributed by atoms with van der Waals surface area (Å²) in [5, 5.41) is 3.66. The number of nitrogens with one attached hydrogen (secondary N) is 1. The van der Waals surface area contributed by atoms with E-state index in [1.807, 2.05) is 30.3 Å². The van der Waals surface area contributed by atoms with E-state index in [2.05, 4.69) is 73.1 Å². The monoisotopic (exact) mass is 559 g/mol. The van der Waals surface area contributed by atoms with Gasteiger partial charge in [0.05, 0.1) is 24.1 Å². The molecule has 1 N–H and O–H groups in total. The van der Waals surface area contributed by atoms with Gasteiger partial charge in [-0.2, -0.15) is 0 Å². The molecule has 212 valence electrons. The Hall–Kier alpha value is -3.31. The van der Waals surface area contributed by atoms with Gasteiger partial charge in [-0.25, -0.2) is 4.98 Å². The van der Waals surface area contributed by atoms with E-state index in [-0.39, 0.29) is 11.3 Å². The lowest BCUT2D eigenvalue weighted by molar-refractivity contribution is -0.120. The van der Waals surface area contributed by atoms with Crippen molar-refractivity contribution in [3.8, 4) is 5.75 Å². The second-order valence-electron chi connectivity index (χ2n) is 11.4. The summed E-state index contributed by atoms with van der Waals surface area (Å²) in [7, 11) is 0. The first-order valence-corrected chi connectivity index (χ1v) is 14.9. The number of rotatable bonds is 14. The molecule has 0 saturated carbocycles. The molecule has 1 aromatic heterocycles. The van der Waals surface area contributed by atoms with Crippen molar-refractivity contribution in [3.05, 3.63) is 94.8 Å². The number of aryl methyl sites for hydroxylation is 2. The molecule has 0 unspecified atom stereocenters. The Morgan fingerprint density at radius 1 is 0.900 bits per heavy atom. The first kappa shape index (κ1) is 29.7. The number of hydrogen-bond donors (Lipinski definition) is 1. The fourth-order valence-corrected chi connectivity index (χ4v) is 5.07. The molecule has 0 saturated heterocycles. The minimum atomic E-state index is 0.0146. The van der Waals surface area contributed by atoms with Gasteiger partial charge in [-0.15, -0.1) is 0 Å². The Balaban J connectivity index is 1.19. The molecule has 0 atom stereocenters. The quantitative estimate of drug-likeness (QED) is 0.160. The third-order valence-electron chi connectivity index (χ3n) is 7.21. The number of para-hydroxylation sites is 2. The van der Waals surface area contributed by atoms with Gasteiger partial charge in [0, 0.05) is 24.5 Å². The molecule has 0 aliphatic rings. The van der Waals surface area contributed by atoms with Crippen LogP contribution in [-0.2, 0) is 29.6 Å². The number of ether oxygens (including phenoxy) is 1. The Morgan fingerprint density at radius 2 is 1.65 bits per heavy atom. The number of hydrogen-bond acceptors (Lipinski definition) is 3. The molecule has 0 fully saturated rings. The fourth-order valence-electron chi connectivity index (χ4n) is 4.87. The Bertz CT molecular complexity index is 1370. The lowest BCUT2D eigenvalue weighted by atomic mass is 9.87. The third kappa shape index (κ3) is 8.59. The maximum absolute atomic E-state index is 12.2. The van der Waals surface area contributed by atoms with E-state index < -0.39 is 0 Å². The average molecular weight is 560 g/mol. The van der Waals surface area contributed by atoms with Gasteiger partial charge in [-0.3, -0.25) is 4.79 Å². The van der Waals surface area contributed by atoms with E-state index in [0.29, 0.717) is 24.6 Å². The van der Waals surface area contributed by atoms with Crippen molar-refractivity contribution in [2.24, 2.45) is 0 Å². The molecule has 40 heavy (non-hydrogen) atoms. The summed E-state index contributed by atoms with van der Waals surface area (Å²) in [6.07, 6.45) is 6.29. The Labute approximate surface area is 243 Å². The topological polar surface area (TPSA) is 56.1 Å². The SMILES string of the molecule is CC(C)(C)c1ccc(OCCCCn2c(CCCCCNC(=O)Cc3ccccc3Cl)nc3ccccc32)cc1. The number of carbonyl (C=O) groups is 1. The summed E-state index contributed by atoms with van der Waals surface area (Å²) in [4.78, 5) is 17.2. The van der Waals surface area contributed by atoms with Crippen LogP contribution in [0.4, 0.5) is 0 Å². The van der Waals surface area contributed by atoms with E-state index in [4.69, 9.17) is 21.3 Å². The number of aromatic nitrogens is 2. The molecule has 4 aromatic rings. The van der Waals surface area contributed by atoms with Crippen LogP contribution in [0.3, 0.4) is 0 Å². The van der Waals surface area contributed by atoms with Gasteiger partial charge in [-0.1, -0.05) is 81.3 Å². The zero-order chi connectivity index (χ0) is 28.4. The number of imidazole rings is 1. The Kier molecular flexibility index (Phi) is 10.7. The van der Waals surface area contributed by atoms with Crippen molar-refractivity contribution in [1.29, 1.82) is 0 Å². The molecule has 1 heterocycles. The van der Waals surface area contributed by atoms with Crippen molar-refractivity contribution >= 4 is 28.5 Å². The summed E-state index contributed by atoms with van der Waals surface area (Å²) in [5.74, 6) is 2.09. The molecule has 3 aromatic carbocycles. The fraction of sp³-hybridized carbons (Fsp3) is 0.412. The van der Waals surface area contributed by atoms with Crippen LogP contribution in [0.25, 0.3) is 11.0 Å². The highest BCUT2D eigenvalue weighted by atomic mass is 35.5. The summed E-state index contributed by atoms with van der Waals surface area (Å²) < 4.78 is 8.38. The second kappa shape index (κ2) is 14.4. The largest absolute Gasteiger partial charge is 0.494 e. The smallest absolute Gasteiger partial charge is 0.224 e. The van der Waals surface area contributed by atoms with Crippen LogP contribution < -0.4 is 10.1 Å². The van der Waals surface area contributed by atoms with E-state index >= 15 is 0 Å². The van der Waals surface area contributed by atoms with Crippen LogP contribution >= 0.6 is 11.6 Å². The van der Waals surface area contributed by atoms with Crippen LogP contribution in [0.5, 0.6) is 5.75 Å². The zero-order valence-electron chi connectivity index (χ0n) is 24.1. The van der Waals surface area contributed by atoms with Gasteiger partial charge in [-0.05, 0) is 72.6 Å². The summed E-state index contributed by atoms with van der Waals surface area (Å²) in [6, 6.07) is 24.4. The first-order chi connectivity index (χ1) is 19.3. The molecule has 4 rings (SSSR count). The van der Waals surface area contributed by atoms with Crippen LogP contribution in [0.2, 0.25) is 5.02 Å². The van der Waals surface area contributed by atoms with Gasteiger partial charge in [0.15, 0.2) is 0 Å². The summed E-state index contributed by atoms with van der Waals surface area (Å²) >= 11 is 6.17. The molecule has 5 nitrogen and oxygen atoms in total. The first-order valence-electron chi connectivity index (χ1n) is 14.5. The number of fused-ring (bicyclic) bond motifs is 1. The predicted octanol–water partition coefficient (Wildman–Crippen LogP) is 7.92. The van der Waals surface area contributed by atoms with Crippen LogP contribution in [0.15, 0.2) is 72.8 Å². The normalized spacial score (nSPS) is 11.6. The number of amides is 1. The lowest BCUT2D eigenvalue weighted by Gasteiger charge is -2.19. The zero-order valence-corrected chi connectivity index (χ0v) is 24.8. The molecular weight excluding hydrogens is 518 g/mol. The van der Waals surface area contributed by atoms with Crippen molar-refractivity contribution < 1.29 is 9.53 Å². The minimum absolute atomic E-state index is 0.0146. The summed E-state index contributed by atoms with van der Waals surface area (Å²) in [6.45, 7) is 8.99. The Morgan fingerprint density at radius 3 is 2.42 bits per heavy atom. The van der Waals surface area contributed by atoms with Crippen molar-refractivity contribution in [2.75, 3.05) is 13.2 Å². The molecular formula is C34H42ClN3O2. The molecule has 0 radical (unpaired) electrons. The molecule has 1 amide bonds. The number of benzene rings is 3. The minimum Gasteiger partial charge on any atom is -0.494 e. The maximum Gasteiger partial charge on any atom is 0.224 e. The molecule has 6 heteroatoms. The van der Waals surface area contributed by atoms with Crippen molar-refractivity contribution in [1.82, 2.24) is 14.9 Å². The number of halogens is 1. The standard InChI is InChI=1S/C34H42ClN3O2/c1-34(2,3)27-18-20-28(21-19-27)40-24-12-11-23-38-31-16-9-8-15-30(31)37-32(38)17-5-4-10-22-36-33(39)25-26-13-6-7-14-29(26)35/h6-9,13-16,18-21H,4-5,10-12,17,22-25H2,1-3H3,(H,36,39). The van der Waals surface area contributed by atoms with Gasteiger partial charge in [0.25, 0.3) is 0 Å². The molecule has 0 aliphatic carbocycles. The van der Waals surface area contributed by atoms with Crippen LogP contribution in [0.1, 0.15) is 69.8 Å². The van der Waals surface area contributed by atoms with Gasteiger partial charge < -0.3 is 14.6 Å². The van der Waals surface area contributed by atoms with E-state index in [0.717, 1.165) is 67.7 Å².